The molecule has 4 aromatic rings. The summed E-state index contributed by atoms with van der Waals surface area (Å²) < 4.78 is 5.15. The third kappa shape index (κ3) is 4.72. The number of phenols is 1. The summed E-state index contributed by atoms with van der Waals surface area (Å²) in [5, 5.41) is 18.3. The molecule has 0 saturated carbocycles. The fourth-order valence-corrected chi connectivity index (χ4v) is 3.10. The van der Waals surface area contributed by atoms with E-state index in [1.54, 1.807) is 12.1 Å². The lowest BCUT2D eigenvalue weighted by molar-refractivity contribution is 0.130. The van der Waals surface area contributed by atoms with Crippen molar-refractivity contribution in [2.24, 2.45) is 5.16 Å². The molecule has 156 valence electrons. The number of fused-ring (bicyclic) bond motifs is 1. The summed E-state index contributed by atoms with van der Waals surface area (Å²) in [6.07, 6.45) is 1.47. The Morgan fingerprint density at radius 2 is 1.81 bits per heavy atom. The summed E-state index contributed by atoms with van der Waals surface area (Å²) in [5.41, 5.74) is 4.32. The van der Waals surface area contributed by atoms with E-state index >= 15 is 0 Å². The highest BCUT2D eigenvalue weighted by atomic mass is 16.6. The minimum absolute atomic E-state index is 0.0329. The van der Waals surface area contributed by atoms with E-state index in [4.69, 9.17) is 9.57 Å². The van der Waals surface area contributed by atoms with Crippen LogP contribution in [0.25, 0.3) is 10.9 Å². The molecule has 0 saturated heterocycles. The number of benzene rings is 3. The number of rotatable bonds is 7. The van der Waals surface area contributed by atoms with Crippen molar-refractivity contribution in [2.75, 3.05) is 12.4 Å². The smallest absolute Gasteiger partial charge is 0.162 e. The maximum Gasteiger partial charge on any atom is 0.162 e. The van der Waals surface area contributed by atoms with Gasteiger partial charge in [0, 0.05) is 17.1 Å². The van der Waals surface area contributed by atoms with Crippen LogP contribution in [0.1, 0.15) is 18.1 Å². The van der Waals surface area contributed by atoms with Crippen LogP contribution in [-0.2, 0) is 11.4 Å². The van der Waals surface area contributed by atoms with Gasteiger partial charge in [0.15, 0.2) is 11.5 Å². The molecule has 0 bridgehead atoms. The summed E-state index contributed by atoms with van der Waals surface area (Å²) >= 11 is 0. The summed E-state index contributed by atoms with van der Waals surface area (Å²) in [6, 6.07) is 21.0. The Balaban J connectivity index is 1.47. The monoisotopic (exact) mass is 414 g/mol. The molecular weight excluding hydrogens is 392 g/mol. The zero-order chi connectivity index (χ0) is 21.6. The molecule has 0 aliphatic heterocycles. The number of hydrogen-bond donors (Lipinski definition) is 2. The van der Waals surface area contributed by atoms with Crippen LogP contribution >= 0.6 is 0 Å². The Labute approximate surface area is 180 Å². The molecule has 0 aliphatic rings. The SMILES string of the molecule is COc1cc2ncnc(Nc3ccc(/C(C)=N/OCc4ccccc4)cc3)c2cc1O. The van der Waals surface area contributed by atoms with Crippen molar-refractivity contribution in [3.05, 3.63) is 84.2 Å². The fraction of sp³-hybridized carbons (Fsp3) is 0.125. The number of methoxy groups -OCH3 is 1. The molecule has 2 N–H and O–H groups in total. The second kappa shape index (κ2) is 9.13. The number of phenolic OH excluding ortho intramolecular Hbond substituents is 1. The van der Waals surface area contributed by atoms with E-state index in [0.717, 1.165) is 22.5 Å². The molecular formula is C24H22N4O3. The minimum atomic E-state index is 0.0329. The van der Waals surface area contributed by atoms with E-state index in [2.05, 4.69) is 20.4 Å². The highest BCUT2D eigenvalue weighted by Gasteiger charge is 2.10. The van der Waals surface area contributed by atoms with Gasteiger partial charge < -0.3 is 20.0 Å². The van der Waals surface area contributed by atoms with Gasteiger partial charge in [-0.2, -0.15) is 0 Å². The van der Waals surface area contributed by atoms with Crippen LogP contribution in [0.3, 0.4) is 0 Å². The van der Waals surface area contributed by atoms with Crippen molar-refractivity contribution in [3.63, 3.8) is 0 Å². The average Bonchev–Trinajstić information content (AvgIpc) is 2.80. The molecule has 0 radical (unpaired) electrons. The number of aromatic hydroxyl groups is 1. The lowest BCUT2D eigenvalue weighted by Crippen LogP contribution is -1.99. The number of ether oxygens (including phenoxy) is 1. The maximum absolute atomic E-state index is 10.1. The summed E-state index contributed by atoms with van der Waals surface area (Å²) in [6.45, 7) is 2.33. The molecule has 0 spiro atoms. The maximum atomic E-state index is 10.1. The van der Waals surface area contributed by atoms with Crippen LogP contribution in [0.15, 0.2) is 78.2 Å². The first-order valence-electron chi connectivity index (χ1n) is 9.73. The largest absolute Gasteiger partial charge is 0.504 e. The Kier molecular flexibility index (Phi) is 5.93. The van der Waals surface area contributed by atoms with E-state index in [-0.39, 0.29) is 5.75 Å². The predicted molar refractivity (Wildman–Crippen MR) is 121 cm³/mol. The summed E-state index contributed by atoms with van der Waals surface area (Å²) in [5.74, 6) is 0.989. The number of oxime groups is 1. The van der Waals surface area contributed by atoms with Crippen molar-refractivity contribution >= 4 is 28.1 Å². The Morgan fingerprint density at radius 1 is 1.03 bits per heavy atom. The molecule has 7 heteroatoms. The molecule has 0 aliphatic carbocycles. The van der Waals surface area contributed by atoms with Gasteiger partial charge in [-0.1, -0.05) is 47.6 Å². The van der Waals surface area contributed by atoms with Crippen LogP contribution < -0.4 is 10.1 Å². The average molecular weight is 414 g/mol. The Hall–Kier alpha value is -4.13. The predicted octanol–water partition coefficient (Wildman–Crippen LogP) is 5.03. The Morgan fingerprint density at radius 3 is 2.55 bits per heavy atom. The third-order valence-corrected chi connectivity index (χ3v) is 4.78. The van der Waals surface area contributed by atoms with Gasteiger partial charge in [-0.05, 0) is 36.2 Å². The highest BCUT2D eigenvalue weighted by molar-refractivity contribution is 5.99. The molecule has 3 aromatic carbocycles. The number of nitrogens with one attached hydrogen (secondary N) is 1. The van der Waals surface area contributed by atoms with Gasteiger partial charge in [0.2, 0.25) is 0 Å². The molecule has 0 fully saturated rings. The second-order valence-electron chi connectivity index (χ2n) is 6.90. The van der Waals surface area contributed by atoms with Gasteiger partial charge in [-0.25, -0.2) is 9.97 Å². The summed E-state index contributed by atoms with van der Waals surface area (Å²) in [7, 11) is 1.50. The fourth-order valence-electron chi connectivity index (χ4n) is 3.10. The first kappa shape index (κ1) is 20.2. The Bertz CT molecular complexity index is 1210. The molecule has 0 amide bonds. The van der Waals surface area contributed by atoms with Gasteiger partial charge in [-0.3, -0.25) is 0 Å². The van der Waals surface area contributed by atoms with Crippen molar-refractivity contribution in [3.8, 4) is 11.5 Å². The minimum Gasteiger partial charge on any atom is -0.504 e. The number of anilines is 2. The van der Waals surface area contributed by atoms with Crippen LogP contribution in [0.4, 0.5) is 11.5 Å². The van der Waals surface area contributed by atoms with Crippen molar-refractivity contribution in [2.45, 2.75) is 13.5 Å². The van der Waals surface area contributed by atoms with E-state index in [1.807, 2.05) is 61.5 Å². The second-order valence-corrected chi connectivity index (χ2v) is 6.90. The number of nitrogens with zero attached hydrogens (tertiary/aromatic N) is 3. The van der Waals surface area contributed by atoms with Gasteiger partial charge in [0.25, 0.3) is 0 Å². The van der Waals surface area contributed by atoms with Gasteiger partial charge in [0.05, 0.1) is 18.3 Å². The van der Waals surface area contributed by atoms with E-state index in [9.17, 15) is 5.11 Å². The first-order valence-corrected chi connectivity index (χ1v) is 9.73. The molecule has 0 unspecified atom stereocenters. The molecule has 1 aromatic heterocycles. The normalized spacial score (nSPS) is 11.4. The molecule has 7 nitrogen and oxygen atoms in total. The summed E-state index contributed by atoms with van der Waals surface area (Å²) in [4.78, 5) is 14.0. The van der Waals surface area contributed by atoms with E-state index < -0.39 is 0 Å². The van der Waals surface area contributed by atoms with E-state index in [0.29, 0.717) is 29.1 Å². The zero-order valence-corrected chi connectivity index (χ0v) is 17.2. The van der Waals surface area contributed by atoms with Crippen LogP contribution in [0.2, 0.25) is 0 Å². The molecule has 0 atom stereocenters. The highest BCUT2D eigenvalue weighted by Crippen LogP contribution is 2.33. The van der Waals surface area contributed by atoms with Gasteiger partial charge in [-0.15, -0.1) is 0 Å². The van der Waals surface area contributed by atoms with Crippen LogP contribution in [0, 0.1) is 0 Å². The third-order valence-electron chi connectivity index (χ3n) is 4.78. The van der Waals surface area contributed by atoms with Crippen molar-refractivity contribution in [1.29, 1.82) is 0 Å². The molecule has 4 rings (SSSR count). The number of hydrogen-bond acceptors (Lipinski definition) is 7. The lowest BCUT2D eigenvalue weighted by atomic mass is 10.1. The lowest BCUT2D eigenvalue weighted by Gasteiger charge is -2.11. The van der Waals surface area contributed by atoms with Crippen LogP contribution in [-0.4, -0.2) is 27.9 Å². The standard InChI is InChI=1S/C24H22N4O3/c1-16(28-31-14-17-6-4-3-5-7-17)18-8-10-19(11-9-18)27-24-20-12-22(29)23(30-2)13-21(20)25-15-26-24/h3-13,15,29H,14H2,1-2H3,(H,25,26,27)/b28-16+. The molecule has 31 heavy (non-hydrogen) atoms. The van der Waals surface area contributed by atoms with Crippen molar-refractivity contribution in [1.82, 2.24) is 9.97 Å². The first-order chi connectivity index (χ1) is 15.1. The van der Waals surface area contributed by atoms with Gasteiger partial charge >= 0.3 is 0 Å². The van der Waals surface area contributed by atoms with Gasteiger partial charge in [0.1, 0.15) is 18.8 Å². The number of aromatic nitrogens is 2. The zero-order valence-electron chi connectivity index (χ0n) is 17.2. The van der Waals surface area contributed by atoms with Crippen molar-refractivity contribution < 1.29 is 14.7 Å². The van der Waals surface area contributed by atoms with Crippen LogP contribution in [0.5, 0.6) is 11.5 Å². The van der Waals surface area contributed by atoms with E-state index in [1.165, 1.54) is 13.4 Å². The molecule has 1 heterocycles. The quantitative estimate of drug-likeness (QED) is 0.326. The topological polar surface area (TPSA) is 88.9 Å².